The van der Waals surface area contributed by atoms with Crippen molar-refractivity contribution in [1.29, 1.82) is 0 Å². The lowest BCUT2D eigenvalue weighted by Gasteiger charge is -1.89. The third-order valence-electron chi connectivity index (χ3n) is 1.06. The number of carboxylic acids is 2. The van der Waals surface area contributed by atoms with Gasteiger partial charge in [-0.25, -0.2) is 14.6 Å². The summed E-state index contributed by atoms with van der Waals surface area (Å²) in [5.41, 5.74) is 10.4. The Morgan fingerprint density at radius 2 is 1.69 bits per heavy atom. The van der Waals surface area contributed by atoms with Crippen LogP contribution in [0.4, 0.5) is 11.8 Å². The molecule has 0 unspecified atom stereocenters. The van der Waals surface area contributed by atoms with Crippen molar-refractivity contribution in [3.05, 3.63) is 24.4 Å². The Labute approximate surface area is 90.2 Å². The molecule has 1 aromatic heterocycles. The molecule has 16 heavy (non-hydrogen) atoms. The largest absolute Gasteiger partial charge is 0.478 e. The van der Waals surface area contributed by atoms with Crippen LogP contribution in [0.2, 0.25) is 0 Å². The van der Waals surface area contributed by atoms with Gasteiger partial charge in [0.05, 0.1) is 0 Å². The van der Waals surface area contributed by atoms with Gasteiger partial charge in [-0.1, -0.05) is 0 Å². The van der Waals surface area contributed by atoms with Crippen LogP contribution in [0.3, 0.4) is 0 Å². The minimum atomic E-state index is -1.26. The Balaban J connectivity index is 0.000000281. The molecule has 1 rings (SSSR count). The molecule has 0 spiro atoms. The summed E-state index contributed by atoms with van der Waals surface area (Å²) in [4.78, 5) is 26.4. The summed E-state index contributed by atoms with van der Waals surface area (Å²) in [5.74, 6) is -1.90. The van der Waals surface area contributed by atoms with E-state index in [4.69, 9.17) is 21.7 Å². The van der Waals surface area contributed by atoms with E-state index in [1.54, 1.807) is 6.07 Å². The second-order valence-electron chi connectivity index (χ2n) is 2.35. The highest BCUT2D eigenvalue weighted by atomic mass is 16.4. The van der Waals surface area contributed by atoms with Crippen molar-refractivity contribution in [2.45, 2.75) is 0 Å². The van der Waals surface area contributed by atoms with E-state index in [0.29, 0.717) is 18.0 Å². The lowest BCUT2D eigenvalue weighted by Crippen LogP contribution is -1.96. The van der Waals surface area contributed by atoms with E-state index < -0.39 is 11.9 Å². The number of hydrogen-bond donors (Lipinski definition) is 4. The minimum Gasteiger partial charge on any atom is -0.478 e. The van der Waals surface area contributed by atoms with Crippen molar-refractivity contribution in [3.63, 3.8) is 0 Å². The molecule has 8 nitrogen and oxygen atoms in total. The molecule has 1 heterocycles. The average molecular weight is 226 g/mol. The molecular formula is C8H10N4O4. The molecule has 0 atom stereocenters. The Morgan fingerprint density at radius 1 is 1.19 bits per heavy atom. The van der Waals surface area contributed by atoms with Gasteiger partial charge in [-0.05, 0) is 6.07 Å². The van der Waals surface area contributed by atoms with Gasteiger partial charge in [0.2, 0.25) is 5.95 Å². The molecule has 0 aliphatic heterocycles. The Kier molecular flexibility index (Phi) is 5.65. The molecule has 0 bridgehead atoms. The molecule has 6 N–H and O–H groups in total. The molecular weight excluding hydrogens is 216 g/mol. The standard InChI is InChI=1S/C4H6N4.C4H4O4/c5-3-1-2-7-4(6)8-3;5-3(6)1-2-4(7)8/h1-2H,(H4,5,6,7,8);1-2H,(H,5,6)(H,7,8)/b;2-1+. The van der Waals surface area contributed by atoms with Crippen LogP contribution >= 0.6 is 0 Å². The second-order valence-corrected chi connectivity index (χ2v) is 2.35. The number of hydrogen-bond acceptors (Lipinski definition) is 6. The third kappa shape index (κ3) is 7.98. The first-order valence-corrected chi connectivity index (χ1v) is 3.89. The zero-order chi connectivity index (χ0) is 12.6. The maximum Gasteiger partial charge on any atom is 0.328 e. The normalized spacial score (nSPS) is 9.25. The first-order valence-electron chi connectivity index (χ1n) is 3.89. The Morgan fingerprint density at radius 3 is 1.94 bits per heavy atom. The van der Waals surface area contributed by atoms with Crippen LogP contribution in [-0.4, -0.2) is 32.1 Å². The highest BCUT2D eigenvalue weighted by Crippen LogP contribution is 1.94. The summed E-state index contributed by atoms with van der Waals surface area (Å²) in [6.07, 6.45) is 2.63. The summed E-state index contributed by atoms with van der Waals surface area (Å²) in [6.45, 7) is 0. The van der Waals surface area contributed by atoms with Crippen LogP contribution < -0.4 is 11.5 Å². The number of nitrogen functional groups attached to an aromatic ring is 2. The number of nitrogens with two attached hydrogens (primary N) is 2. The predicted octanol–water partition coefficient (Wildman–Crippen LogP) is -0.647. The maximum atomic E-state index is 9.55. The smallest absolute Gasteiger partial charge is 0.328 e. The molecule has 0 aliphatic carbocycles. The van der Waals surface area contributed by atoms with Crippen molar-refractivity contribution in [2.75, 3.05) is 11.5 Å². The number of carboxylic acid groups (broad SMARTS) is 2. The number of aliphatic carboxylic acids is 2. The van der Waals surface area contributed by atoms with Crippen molar-refractivity contribution in [3.8, 4) is 0 Å². The van der Waals surface area contributed by atoms with E-state index in [1.165, 1.54) is 6.20 Å². The Hall–Kier alpha value is -2.64. The van der Waals surface area contributed by atoms with Gasteiger partial charge in [-0.2, -0.15) is 4.98 Å². The third-order valence-corrected chi connectivity index (χ3v) is 1.06. The highest BCUT2D eigenvalue weighted by molar-refractivity contribution is 5.89. The Bertz CT molecular complexity index is 372. The van der Waals surface area contributed by atoms with Crippen LogP contribution in [0.25, 0.3) is 0 Å². The van der Waals surface area contributed by atoms with Gasteiger partial charge in [0, 0.05) is 18.3 Å². The van der Waals surface area contributed by atoms with E-state index in [2.05, 4.69) is 9.97 Å². The maximum absolute atomic E-state index is 9.55. The van der Waals surface area contributed by atoms with Gasteiger partial charge in [0.15, 0.2) is 0 Å². The van der Waals surface area contributed by atoms with E-state index >= 15 is 0 Å². The second kappa shape index (κ2) is 6.76. The molecule has 0 saturated carbocycles. The SMILES string of the molecule is Nc1ccnc(N)n1.O=C(O)/C=C/C(=O)O. The quantitative estimate of drug-likeness (QED) is 0.485. The summed E-state index contributed by atoms with van der Waals surface area (Å²) in [5, 5.41) is 15.6. The number of carbonyl (C=O) groups is 2. The number of rotatable bonds is 2. The zero-order valence-electron chi connectivity index (χ0n) is 8.07. The topological polar surface area (TPSA) is 152 Å². The molecule has 0 radical (unpaired) electrons. The van der Waals surface area contributed by atoms with Gasteiger partial charge in [0.1, 0.15) is 5.82 Å². The van der Waals surface area contributed by atoms with Gasteiger partial charge in [0.25, 0.3) is 0 Å². The lowest BCUT2D eigenvalue weighted by atomic mass is 10.5. The fraction of sp³-hybridized carbons (Fsp3) is 0. The van der Waals surface area contributed by atoms with Crippen molar-refractivity contribution < 1.29 is 19.8 Å². The van der Waals surface area contributed by atoms with Crippen molar-refractivity contribution in [1.82, 2.24) is 9.97 Å². The number of anilines is 2. The van der Waals surface area contributed by atoms with Crippen LogP contribution in [-0.2, 0) is 9.59 Å². The number of aromatic nitrogens is 2. The van der Waals surface area contributed by atoms with Gasteiger partial charge in [-0.15, -0.1) is 0 Å². The average Bonchev–Trinajstić information content (AvgIpc) is 2.15. The molecule has 86 valence electrons. The fourth-order valence-corrected chi connectivity index (χ4v) is 0.531. The van der Waals surface area contributed by atoms with Crippen molar-refractivity contribution in [2.24, 2.45) is 0 Å². The minimum absolute atomic E-state index is 0.213. The zero-order valence-corrected chi connectivity index (χ0v) is 8.07. The molecule has 0 fully saturated rings. The van der Waals surface area contributed by atoms with Crippen LogP contribution in [0.1, 0.15) is 0 Å². The number of nitrogens with zero attached hydrogens (tertiary/aromatic N) is 2. The van der Waals surface area contributed by atoms with Gasteiger partial charge < -0.3 is 21.7 Å². The van der Waals surface area contributed by atoms with Gasteiger partial charge >= 0.3 is 11.9 Å². The van der Waals surface area contributed by atoms with E-state index in [9.17, 15) is 9.59 Å². The van der Waals surface area contributed by atoms with Crippen LogP contribution in [0.5, 0.6) is 0 Å². The molecule has 1 aromatic rings. The lowest BCUT2D eigenvalue weighted by molar-refractivity contribution is -0.134. The van der Waals surface area contributed by atoms with E-state index in [1.807, 2.05) is 0 Å². The van der Waals surface area contributed by atoms with Crippen molar-refractivity contribution >= 4 is 23.7 Å². The first-order chi connectivity index (χ1) is 7.41. The molecule has 0 saturated heterocycles. The van der Waals surface area contributed by atoms with Crippen LogP contribution in [0.15, 0.2) is 24.4 Å². The highest BCUT2D eigenvalue weighted by Gasteiger charge is 1.88. The predicted molar refractivity (Wildman–Crippen MR) is 55.3 cm³/mol. The molecule has 0 aromatic carbocycles. The summed E-state index contributed by atoms with van der Waals surface area (Å²) < 4.78 is 0. The summed E-state index contributed by atoms with van der Waals surface area (Å²) >= 11 is 0. The van der Waals surface area contributed by atoms with E-state index in [-0.39, 0.29) is 5.95 Å². The van der Waals surface area contributed by atoms with Crippen LogP contribution in [0, 0.1) is 0 Å². The molecule has 0 amide bonds. The monoisotopic (exact) mass is 226 g/mol. The molecule has 8 heteroatoms. The summed E-state index contributed by atoms with van der Waals surface area (Å²) in [7, 11) is 0. The fourth-order valence-electron chi connectivity index (χ4n) is 0.531. The van der Waals surface area contributed by atoms with E-state index in [0.717, 1.165) is 0 Å². The first kappa shape index (κ1) is 13.4. The van der Waals surface area contributed by atoms with Gasteiger partial charge in [-0.3, -0.25) is 0 Å². The summed E-state index contributed by atoms with van der Waals surface area (Å²) in [6, 6.07) is 1.58. The molecule has 0 aliphatic rings.